The molecule has 2 amide bonds. The van der Waals surface area contributed by atoms with Gasteiger partial charge in [-0.15, -0.1) is 0 Å². The van der Waals surface area contributed by atoms with Crippen molar-refractivity contribution in [3.63, 3.8) is 0 Å². The number of nitrogens with one attached hydrogen (secondary N) is 1. The molecular weight excluding hydrogens is 370 g/mol. The third kappa shape index (κ3) is 3.55. The van der Waals surface area contributed by atoms with E-state index in [2.05, 4.69) is 29.4 Å². The molecule has 0 saturated heterocycles. The molecule has 28 heavy (non-hydrogen) atoms. The molecule has 1 aliphatic heterocycles. The lowest BCUT2D eigenvalue weighted by molar-refractivity contribution is -0.129. The van der Waals surface area contributed by atoms with Crippen LogP contribution >= 0.6 is 11.3 Å². The summed E-state index contributed by atoms with van der Waals surface area (Å²) in [6, 6.07) is 13.7. The first-order chi connectivity index (χ1) is 13.5. The van der Waals surface area contributed by atoms with Crippen LogP contribution in [-0.2, 0) is 16.0 Å². The highest BCUT2D eigenvalue weighted by Gasteiger charge is 2.28. The summed E-state index contributed by atoms with van der Waals surface area (Å²) in [5.41, 5.74) is 4.14. The topological polar surface area (TPSA) is 62.3 Å². The maximum Gasteiger partial charge on any atom is 0.228 e. The predicted molar refractivity (Wildman–Crippen MR) is 113 cm³/mol. The molecule has 0 spiro atoms. The quantitative estimate of drug-likeness (QED) is 0.697. The molecule has 1 unspecified atom stereocenters. The molecule has 6 heteroatoms. The van der Waals surface area contributed by atoms with E-state index in [9.17, 15) is 9.59 Å². The minimum absolute atomic E-state index is 0.0874. The van der Waals surface area contributed by atoms with Crippen LogP contribution in [0.1, 0.15) is 43.0 Å². The van der Waals surface area contributed by atoms with Crippen LogP contribution in [-0.4, -0.2) is 21.7 Å². The van der Waals surface area contributed by atoms with Crippen molar-refractivity contribution in [3.05, 3.63) is 65.4 Å². The Hall–Kier alpha value is -2.99. The van der Waals surface area contributed by atoms with Gasteiger partial charge in [0.05, 0.1) is 22.7 Å². The lowest BCUT2D eigenvalue weighted by Gasteiger charge is -2.32. The Morgan fingerprint density at radius 3 is 2.82 bits per heavy atom. The second-order valence-corrected chi connectivity index (χ2v) is 7.84. The Bertz CT molecular complexity index is 1090. The average Bonchev–Trinajstić information content (AvgIpc) is 3.08. The van der Waals surface area contributed by atoms with Crippen molar-refractivity contribution >= 4 is 44.6 Å². The minimum Gasteiger partial charge on any atom is -0.311 e. The summed E-state index contributed by atoms with van der Waals surface area (Å²) >= 11 is 1.47. The number of benzene rings is 2. The molecule has 4 rings (SSSR count). The Morgan fingerprint density at radius 1 is 1.21 bits per heavy atom. The van der Waals surface area contributed by atoms with Crippen molar-refractivity contribution in [3.8, 4) is 0 Å². The molecule has 1 N–H and O–H groups in total. The van der Waals surface area contributed by atoms with Gasteiger partial charge in [-0.1, -0.05) is 48.6 Å². The Morgan fingerprint density at radius 2 is 2.04 bits per heavy atom. The maximum atomic E-state index is 12.8. The zero-order chi connectivity index (χ0) is 19.7. The van der Waals surface area contributed by atoms with Crippen LogP contribution in [0.25, 0.3) is 16.3 Å². The van der Waals surface area contributed by atoms with E-state index in [4.69, 9.17) is 0 Å². The van der Waals surface area contributed by atoms with E-state index in [0.717, 1.165) is 27.8 Å². The minimum atomic E-state index is -0.320. The summed E-state index contributed by atoms with van der Waals surface area (Å²) in [6.07, 6.45) is 4.80. The molecule has 142 valence electrons. The van der Waals surface area contributed by atoms with Crippen LogP contribution in [0.3, 0.4) is 0 Å². The SMILES string of the molecule is CCc1ccc2nc(NC(=O)CC3c4ccccc4C=CN3C(C)=O)sc2c1. The van der Waals surface area contributed by atoms with Crippen LogP contribution < -0.4 is 5.32 Å². The van der Waals surface area contributed by atoms with Crippen LogP contribution in [0, 0.1) is 0 Å². The monoisotopic (exact) mass is 391 g/mol. The second kappa shape index (κ2) is 7.56. The number of rotatable bonds is 4. The van der Waals surface area contributed by atoms with Gasteiger partial charge in [-0.25, -0.2) is 4.98 Å². The summed E-state index contributed by atoms with van der Waals surface area (Å²) in [6.45, 7) is 3.63. The van der Waals surface area contributed by atoms with Gasteiger partial charge in [0.25, 0.3) is 0 Å². The molecule has 0 bridgehead atoms. The molecule has 0 saturated carbocycles. The summed E-state index contributed by atoms with van der Waals surface area (Å²) in [7, 11) is 0. The van der Waals surface area contributed by atoms with Gasteiger partial charge < -0.3 is 10.2 Å². The Kier molecular flexibility index (Phi) is 4.96. The number of anilines is 1. The van der Waals surface area contributed by atoms with E-state index >= 15 is 0 Å². The number of aromatic nitrogens is 1. The number of fused-ring (bicyclic) bond motifs is 2. The van der Waals surface area contributed by atoms with E-state index in [0.29, 0.717) is 5.13 Å². The zero-order valence-corrected chi connectivity index (χ0v) is 16.6. The number of carbonyl (C=O) groups excluding carboxylic acids is 2. The fraction of sp³-hybridized carbons (Fsp3) is 0.227. The summed E-state index contributed by atoms with van der Waals surface area (Å²) in [4.78, 5) is 31.0. The molecule has 0 radical (unpaired) electrons. The summed E-state index contributed by atoms with van der Waals surface area (Å²) < 4.78 is 1.06. The first-order valence-electron chi connectivity index (χ1n) is 9.30. The van der Waals surface area contributed by atoms with Gasteiger partial charge in [0, 0.05) is 13.1 Å². The Labute approximate surface area is 167 Å². The largest absolute Gasteiger partial charge is 0.311 e. The molecular formula is C22H21N3O2S. The number of amides is 2. The zero-order valence-electron chi connectivity index (χ0n) is 15.8. The van der Waals surface area contributed by atoms with Gasteiger partial charge in [0.1, 0.15) is 0 Å². The molecule has 2 heterocycles. The third-order valence-electron chi connectivity index (χ3n) is 4.96. The summed E-state index contributed by atoms with van der Waals surface area (Å²) in [5, 5.41) is 3.50. The normalized spacial score (nSPS) is 15.5. The van der Waals surface area contributed by atoms with Gasteiger partial charge in [-0.2, -0.15) is 0 Å². The lowest BCUT2D eigenvalue weighted by Crippen LogP contribution is -2.33. The number of hydrogen-bond acceptors (Lipinski definition) is 4. The van der Waals surface area contributed by atoms with Crippen molar-refractivity contribution in [2.24, 2.45) is 0 Å². The lowest BCUT2D eigenvalue weighted by atomic mass is 9.93. The maximum absolute atomic E-state index is 12.8. The molecule has 1 aromatic heterocycles. The highest BCUT2D eigenvalue weighted by atomic mass is 32.1. The van der Waals surface area contributed by atoms with Gasteiger partial charge in [-0.3, -0.25) is 9.59 Å². The first-order valence-corrected chi connectivity index (χ1v) is 10.1. The standard InChI is InChI=1S/C22H21N3O2S/c1-3-15-8-9-18-20(12-15)28-22(23-18)24-21(27)13-19-17-7-5-4-6-16(17)10-11-25(19)14(2)26/h4-12,19H,3,13H2,1-2H3,(H,23,24,27). The van der Waals surface area contributed by atoms with Gasteiger partial charge in [0.15, 0.2) is 5.13 Å². The highest BCUT2D eigenvalue weighted by Crippen LogP contribution is 2.33. The van der Waals surface area contributed by atoms with Crippen molar-refractivity contribution < 1.29 is 9.59 Å². The molecule has 0 fully saturated rings. The van der Waals surface area contributed by atoms with Gasteiger partial charge in [0.2, 0.25) is 11.8 Å². The van der Waals surface area contributed by atoms with E-state index in [-0.39, 0.29) is 24.3 Å². The van der Waals surface area contributed by atoms with Crippen LogP contribution in [0.5, 0.6) is 0 Å². The molecule has 3 aromatic rings. The average molecular weight is 391 g/mol. The number of aryl methyl sites for hydroxylation is 1. The molecule has 5 nitrogen and oxygen atoms in total. The number of hydrogen-bond donors (Lipinski definition) is 1. The number of carbonyl (C=O) groups is 2. The smallest absolute Gasteiger partial charge is 0.228 e. The van der Waals surface area contributed by atoms with Crippen molar-refractivity contribution in [1.82, 2.24) is 9.88 Å². The number of nitrogens with zero attached hydrogens (tertiary/aromatic N) is 2. The van der Waals surface area contributed by atoms with Gasteiger partial charge in [-0.05, 0) is 41.3 Å². The third-order valence-corrected chi connectivity index (χ3v) is 5.89. The second-order valence-electron chi connectivity index (χ2n) is 6.81. The molecule has 2 aromatic carbocycles. The highest BCUT2D eigenvalue weighted by molar-refractivity contribution is 7.22. The van der Waals surface area contributed by atoms with Crippen molar-refractivity contribution in [1.29, 1.82) is 0 Å². The van der Waals surface area contributed by atoms with E-state index in [1.54, 1.807) is 11.1 Å². The van der Waals surface area contributed by atoms with Crippen molar-refractivity contribution in [2.45, 2.75) is 32.7 Å². The van der Waals surface area contributed by atoms with Crippen LogP contribution in [0.2, 0.25) is 0 Å². The summed E-state index contributed by atoms with van der Waals surface area (Å²) in [5.74, 6) is -0.244. The van der Waals surface area contributed by atoms with E-state index in [1.807, 2.05) is 36.4 Å². The van der Waals surface area contributed by atoms with Crippen LogP contribution in [0.15, 0.2) is 48.7 Å². The molecule has 0 aliphatic carbocycles. The predicted octanol–water partition coefficient (Wildman–Crippen LogP) is 4.76. The molecule has 1 atom stereocenters. The first kappa shape index (κ1) is 18.4. The van der Waals surface area contributed by atoms with Gasteiger partial charge >= 0.3 is 0 Å². The Balaban J connectivity index is 1.55. The van der Waals surface area contributed by atoms with Crippen LogP contribution in [0.4, 0.5) is 5.13 Å². The van der Waals surface area contributed by atoms with E-state index < -0.39 is 0 Å². The van der Waals surface area contributed by atoms with E-state index in [1.165, 1.54) is 23.8 Å². The fourth-order valence-electron chi connectivity index (χ4n) is 3.50. The fourth-order valence-corrected chi connectivity index (χ4v) is 4.45. The molecule has 1 aliphatic rings. The number of thiazole rings is 1. The van der Waals surface area contributed by atoms with Crippen molar-refractivity contribution in [2.75, 3.05) is 5.32 Å².